The van der Waals surface area contributed by atoms with Crippen LogP contribution in [-0.2, 0) is 4.79 Å². The number of rotatable bonds is 6. The minimum Gasteiger partial charge on any atom is -0.475 e. The summed E-state index contributed by atoms with van der Waals surface area (Å²) in [6.07, 6.45) is 1.59. The summed E-state index contributed by atoms with van der Waals surface area (Å²) in [5.41, 5.74) is 0. The third-order valence-electron chi connectivity index (χ3n) is 2.28. The lowest BCUT2D eigenvalue weighted by atomic mass is 10.2. The van der Waals surface area contributed by atoms with E-state index >= 15 is 0 Å². The summed E-state index contributed by atoms with van der Waals surface area (Å²) >= 11 is 0. The molecule has 0 radical (unpaired) electrons. The molecule has 0 aliphatic carbocycles. The van der Waals surface area contributed by atoms with Crippen LogP contribution in [0.4, 0.5) is 5.95 Å². The fraction of sp³-hybridized carbons (Fsp3) is 0.583. The summed E-state index contributed by atoms with van der Waals surface area (Å²) in [6.45, 7) is 5.61. The van der Waals surface area contributed by atoms with Crippen LogP contribution in [0, 0.1) is 5.92 Å². The molecule has 0 aromatic carbocycles. The predicted octanol–water partition coefficient (Wildman–Crippen LogP) is 1.22. The Morgan fingerprint density at radius 1 is 1.56 bits per heavy atom. The van der Waals surface area contributed by atoms with Crippen LogP contribution in [0.2, 0.25) is 0 Å². The SMILES string of the molecule is CC[C@H](O)COc1ccnc(NC(=O)C(C)C)n1. The number of aliphatic hydroxyl groups is 1. The van der Waals surface area contributed by atoms with Crippen molar-refractivity contribution in [2.75, 3.05) is 11.9 Å². The van der Waals surface area contributed by atoms with E-state index in [1.165, 1.54) is 6.20 Å². The van der Waals surface area contributed by atoms with Gasteiger partial charge in [-0.05, 0) is 6.42 Å². The van der Waals surface area contributed by atoms with Gasteiger partial charge in [0.1, 0.15) is 6.61 Å². The lowest BCUT2D eigenvalue weighted by Crippen LogP contribution is -2.20. The van der Waals surface area contributed by atoms with E-state index in [1.54, 1.807) is 19.9 Å². The Kier molecular flexibility index (Phi) is 5.51. The first kappa shape index (κ1) is 14.4. The highest BCUT2D eigenvalue weighted by Gasteiger charge is 2.10. The molecular formula is C12H19N3O3. The van der Waals surface area contributed by atoms with Crippen molar-refractivity contribution in [2.24, 2.45) is 5.92 Å². The van der Waals surface area contributed by atoms with Gasteiger partial charge in [0.25, 0.3) is 0 Å². The van der Waals surface area contributed by atoms with Crippen LogP contribution in [0.3, 0.4) is 0 Å². The molecule has 1 aromatic rings. The Labute approximate surface area is 106 Å². The molecule has 1 amide bonds. The smallest absolute Gasteiger partial charge is 0.232 e. The molecule has 0 saturated heterocycles. The molecule has 2 N–H and O–H groups in total. The fourth-order valence-electron chi connectivity index (χ4n) is 1.04. The average Bonchev–Trinajstić information content (AvgIpc) is 2.36. The first-order chi connectivity index (χ1) is 8.52. The van der Waals surface area contributed by atoms with Crippen LogP contribution in [0.1, 0.15) is 27.2 Å². The van der Waals surface area contributed by atoms with Crippen molar-refractivity contribution in [3.05, 3.63) is 12.3 Å². The zero-order valence-corrected chi connectivity index (χ0v) is 10.9. The first-order valence-electron chi connectivity index (χ1n) is 5.97. The van der Waals surface area contributed by atoms with Gasteiger partial charge in [-0.15, -0.1) is 0 Å². The largest absolute Gasteiger partial charge is 0.475 e. The van der Waals surface area contributed by atoms with Crippen molar-refractivity contribution in [3.63, 3.8) is 0 Å². The number of hydrogen-bond donors (Lipinski definition) is 2. The maximum atomic E-state index is 11.5. The van der Waals surface area contributed by atoms with E-state index in [9.17, 15) is 9.90 Å². The summed E-state index contributed by atoms with van der Waals surface area (Å²) in [7, 11) is 0. The predicted molar refractivity (Wildman–Crippen MR) is 67.3 cm³/mol. The van der Waals surface area contributed by atoms with Gasteiger partial charge in [0, 0.05) is 18.2 Å². The number of hydrogen-bond acceptors (Lipinski definition) is 5. The molecule has 6 nitrogen and oxygen atoms in total. The number of nitrogens with zero attached hydrogens (tertiary/aromatic N) is 2. The number of carbonyl (C=O) groups is 1. The topological polar surface area (TPSA) is 84.3 Å². The van der Waals surface area contributed by atoms with Gasteiger partial charge in [0.15, 0.2) is 0 Å². The molecule has 0 saturated carbocycles. The van der Waals surface area contributed by atoms with Crippen LogP contribution in [0.15, 0.2) is 12.3 Å². The van der Waals surface area contributed by atoms with Gasteiger partial charge in [-0.25, -0.2) is 4.98 Å². The molecule has 6 heteroatoms. The van der Waals surface area contributed by atoms with E-state index in [-0.39, 0.29) is 24.4 Å². The minimum atomic E-state index is -0.520. The Morgan fingerprint density at radius 3 is 2.89 bits per heavy atom. The third-order valence-corrected chi connectivity index (χ3v) is 2.28. The molecule has 0 spiro atoms. The highest BCUT2D eigenvalue weighted by Crippen LogP contribution is 2.10. The Bertz CT molecular complexity index is 396. The van der Waals surface area contributed by atoms with Crippen molar-refractivity contribution in [1.82, 2.24) is 9.97 Å². The number of carbonyl (C=O) groups excluding carboxylic acids is 1. The maximum absolute atomic E-state index is 11.5. The summed E-state index contributed by atoms with van der Waals surface area (Å²) in [5, 5.41) is 11.9. The molecule has 1 rings (SSSR count). The normalized spacial score (nSPS) is 12.3. The molecule has 0 aliphatic rings. The Hall–Kier alpha value is -1.69. The summed E-state index contributed by atoms with van der Waals surface area (Å²) in [6, 6.07) is 1.58. The van der Waals surface area contributed by atoms with E-state index in [0.29, 0.717) is 12.3 Å². The Balaban J connectivity index is 2.59. The summed E-state index contributed by atoms with van der Waals surface area (Å²) < 4.78 is 5.29. The molecule has 1 atom stereocenters. The monoisotopic (exact) mass is 253 g/mol. The van der Waals surface area contributed by atoms with Gasteiger partial charge in [-0.2, -0.15) is 4.98 Å². The second-order valence-corrected chi connectivity index (χ2v) is 4.24. The minimum absolute atomic E-state index is 0.139. The molecule has 1 heterocycles. The van der Waals surface area contributed by atoms with Crippen molar-refractivity contribution in [3.8, 4) is 5.88 Å². The molecule has 0 bridgehead atoms. The van der Waals surface area contributed by atoms with Gasteiger partial charge in [0.2, 0.25) is 17.7 Å². The first-order valence-corrected chi connectivity index (χ1v) is 5.97. The van der Waals surface area contributed by atoms with Gasteiger partial charge < -0.3 is 9.84 Å². The third kappa shape index (κ3) is 4.67. The van der Waals surface area contributed by atoms with Gasteiger partial charge in [-0.1, -0.05) is 20.8 Å². The summed E-state index contributed by atoms with van der Waals surface area (Å²) in [5.74, 6) is 0.245. The zero-order valence-electron chi connectivity index (χ0n) is 10.9. The molecule has 18 heavy (non-hydrogen) atoms. The number of ether oxygens (including phenoxy) is 1. The van der Waals surface area contributed by atoms with Gasteiger partial charge in [-0.3, -0.25) is 10.1 Å². The molecule has 0 aliphatic heterocycles. The molecule has 1 aromatic heterocycles. The second kappa shape index (κ2) is 6.90. The fourth-order valence-corrected chi connectivity index (χ4v) is 1.04. The van der Waals surface area contributed by atoms with E-state index in [4.69, 9.17) is 4.74 Å². The van der Waals surface area contributed by atoms with E-state index in [0.717, 1.165) is 0 Å². The number of aliphatic hydroxyl groups excluding tert-OH is 1. The lowest BCUT2D eigenvalue weighted by Gasteiger charge is -2.10. The summed E-state index contributed by atoms with van der Waals surface area (Å²) in [4.78, 5) is 19.4. The van der Waals surface area contributed by atoms with Crippen LogP contribution < -0.4 is 10.1 Å². The van der Waals surface area contributed by atoms with Crippen LogP contribution in [-0.4, -0.2) is 33.7 Å². The van der Waals surface area contributed by atoms with Crippen molar-refractivity contribution in [1.29, 1.82) is 0 Å². The quantitative estimate of drug-likeness (QED) is 0.796. The molecule has 100 valence electrons. The second-order valence-electron chi connectivity index (χ2n) is 4.24. The number of aromatic nitrogens is 2. The highest BCUT2D eigenvalue weighted by atomic mass is 16.5. The van der Waals surface area contributed by atoms with Crippen molar-refractivity contribution in [2.45, 2.75) is 33.3 Å². The molecular weight excluding hydrogens is 234 g/mol. The average molecular weight is 253 g/mol. The standard InChI is InChI=1S/C12H19N3O3/c1-4-9(16)7-18-10-5-6-13-12(14-10)15-11(17)8(2)3/h5-6,8-9,16H,4,7H2,1-3H3,(H,13,14,15,17)/t9-/m0/s1. The van der Waals surface area contributed by atoms with Crippen LogP contribution in [0.5, 0.6) is 5.88 Å². The van der Waals surface area contributed by atoms with Gasteiger partial charge in [0.05, 0.1) is 6.10 Å². The van der Waals surface area contributed by atoms with Crippen LogP contribution in [0.25, 0.3) is 0 Å². The number of amides is 1. The van der Waals surface area contributed by atoms with Gasteiger partial charge >= 0.3 is 0 Å². The van der Waals surface area contributed by atoms with E-state index in [1.807, 2.05) is 6.92 Å². The zero-order chi connectivity index (χ0) is 13.5. The number of anilines is 1. The Morgan fingerprint density at radius 2 is 2.28 bits per heavy atom. The van der Waals surface area contributed by atoms with Crippen molar-refractivity contribution >= 4 is 11.9 Å². The van der Waals surface area contributed by atoms with E-state index < -0.39 is 6.10 Å². The molecule has 0 fully saturated rings. The maximum Gasteiger partial charge on any atom is 0.232 e. The van der Waals surface area contributed by atoms with E-state index in [2.05, 4.69) is 15.3 Å². The van der Waals surface area contributed by atoms with Crippen LogP contribution >= 0.6 is 0 Å². The lowest BCUT2D eigenvalue weighted by molar-refractivity contribution is -0.118. The highest BCUT2D eigenvalue weighted by molar-refractivity contribution is 5.90. The number of nitrogens with one attached hydrogen (secondary N) is 1. The van der Waals surface area contributed by atoms with Crippen molar-refractivity contribution < 1.29 is 14.6 Å². The molecule has 0 unspecified atom stereocenters.